The van der Waals surface area contributed by atoms with Crippen molar-refractivity contribution in [1.29, 1.82) is 0 Å². The first-order valence-electron chi connectivity index (χ1n) is 7.55. The van der Waals surface area contributed by atoms with Gasteiger partial charge >= 0.3 is 0 Å². The van der Waals surface area contributed by atoms with Crippen LogP contribution >= 0.6 is 11.6 Å². The largest absolute Gasteiger partial charge is 0.326 e. The number of halogens is 1. The lowest BCUT2D eigenvalue weighted by molar-refractivity contribution is -0.116. The number of hydrogen-bond donors (Lipinski definition) is 2. The van der Waals surface area contributed by atoms with E-state index in [2.05, 4.69) is 10.6 Å². The number of amides is 2. The van der Waals surface area contributed by atoms with Gasteiger partial charge in [0, 0.05) is 28.4 Å². The summed E-state index contributed by atoms with van der Waals surface area (Å²) >= 11 is 5.81. The first-order chi connectivity index (χ1) is 11.1. The van der Waals surface area contributed by atoms with E-state index in [9.17, 15) is 9.59 Å². The Morgan fingerprint density at radius 1 is 0.913 bits per heavy atom. The van der Waals surface area contributed by atoms with Crippen LogP contribution in [0.15, 0.2) is 48.5 Å². The summed E-state index contributed by atoms with van der Waals surface area (Å²) < 4.78 is 0. The van der Waals surface area contributed by atoms with E-state index in [1.165, 1.54) is 0 Å². The van der Waals surface area contributed by atoms with Gasteiger partial charge in [-0.2, -0.15) is 0 Å². The van der Waals surface area contributed by atoms with Gasteiger partial charge in [0.2, 0.25) is 5.91 Å². The second kappa shape index (κ2) is 8.34. The monoisotopic (exact) mass is 330 g/mol. The summed E-state index contributed by atoms with van der Waals surface area (Å²) in [5.74, 6) is -0.221. The van der Waals surface area contributed by atoms with Crippen LogP contribution in [0.3, 0.4) is 0 Å². The maximum Gasteiger partial charge on any atom is 0.255 e. The Morgan fingerprint density at radius 2 is 1.48 bits per heavy atom. The number of unbranched alkanes of at least 4 members (excludes halogenated alkanes) is 1. The van der Waals surface area contributed by atoms with Crippen LogP contribution in [-0.2, 0) is 4.79 Å². The molecular weight excluding hydrogens is 312 g/mol. The predicted octanol–water partition coefficient (Wildman–Crippen LogP) is 4.72. The Morgan fingerprint density at radius 3 is 2.09 bits per heavy atom. The molecule has 0 saturated heterocycles. The molecule has 4 nitrogen and oxygen atoms in total. The number of anilines is 2. The van der Waals surface area contributed by atoms with Crippen molar-refractivity contribution < 1.29 is 9.59 Å². The summed E-state index contributed by atoms with van der Waals surface area (Å²) in [5, 5.41) is 6.22. The third kappa shape index (κ3) is 5.42. The molecule has 120 valence electrons. The molecule has 0 radical (unpaired) electrons. The highest BCUT2D eigenvalue weighted by Crippen LogP contribution is 2.16. The van der Waals surface area contributed by atoms with Crippen molar-refractivity contribution in [3.63, 3.8) is 0 Å². The first-order valence-corrected chi connectivity index (χ1v) is 7.93. The van der Waals surface area contributed by atoms with Crippen molar-refractivity contribution in [2.45, 2.75) is 26.2 Å². The highest BCUT2D eigenvalue weighted by Gasteiger charge is 2.07. The maximum absolute atomic E-state index is 12.1. The van der Waals surface area contributed by atoms with Crippen molar-refractivity contribution in [3.05, 3.63) is 59.1 Å². The molecule has 0 aliphatic carbocycles. The molecule has 0 fully saturated rings. The highest BCUT2D eigenvalue weighted by atomic mass is 35.5. The van der Waals surface area contributed by atoms with Gasteiger partial charge in [-0.1, -0.05) is 24.9 Å². The second-order valence-corrected chi connectivity index (χ2v) is 5.63. The van der Waals surface area contributed by atoms with Crippen molar-refractivity contribution >= 4 is 34.8 Å². The van der Waals surface area contributed by atoms with Gasteiger partial charge in [-0.25, -0.2) is 0 Å². The van der Waals surface area contributed by atoms with E-state index >= 15 is 0 Å². The number of nitrogens with one attached hydrogen (secondary N) is 2. The van der Waals surface area contributed by atoms with E-state index in [-0.39, 0.29) is 11.8 Å². The molecule has 0 spiro atoms. The van der Waals surface area contributed by atoms with E-state index in [1.807, 2.05) is 6.92 Å². The third-order valence-electron chi connectivity index (χ3n) is 3.29. The fourth-order valence-corrected chi connectivity index (χ4v) is 2.13. The van der Waals surface area contributed by atoms with E-state index in [0.717, 1.165) is 12.8 Å². The van der Waals surface area contributed by atoms with Gasteiger partial charge in [0.15, 0.2) is 0 Å². The average Bonchev–Trinajstić information content (AvgIpc) is 2.55. The van der Waals surface area contributed by atoms with E-state index in [0.29, 0.717) is 28.4 Å². The summed E-state index contributed by atoms with van der Waals surface area (Å²) in [6, 6.07) is 13.7. The smallest absolute Gasteiger partial charge is 0.255 e. The Labute approximate surface area is 140 Å². The zero-order valence-corrected chi connectivity index (χ0v) is 13.7. The summed E-state index contributed by atoms with van der Waals surface area (Å²) in [6.07, 6.45) is 2.36. The topological polar surface area (TPSA) is 58.2 Å². The van der Waals surface area contributed by atoms with Crippen LogP contribution in [0.1, 0.15) is 36.5 Å². The Kier molecular flexibility index (Phi) is 6.18. The molecule has 5 heteroatoms. The molecule has 23 heavy (non-hydrogen) atoms. The molecule has 2 aromatic carbocycles. The highest BCUT2D eigenvalue weighted by molar-refractivity contribution is 6.30. The van der Waals surface area contributed by atoms with Crippen molar-refractivity contribution in [2.75, 3.05) is 10.6 Å². The molecule has 2 rings (SSSR count). The standard InChI is InChI=1S/C18H19ClN2O2/c1-2-3-4-17(22)20-15-9-5-13(6-10-15)18(23)21-16-11-7-14(19)8-12-16/h5-12H,2-4H2,1H3,(H,20,22)(H,21,23). The van der Waals surface area contributed by atoms with Crippen molar-refractivity contribution in [3.8, 4) is 0 Å². The van der Waals surface area contributed by atoms with E-state index in [4.69, 9.17) is 11.6 Å². The van der Waals surface area contributed by atoms with Crippen molar-refractivity contribution in [2.24, 2.45) is 0 Å². The Balaban J connectivity index is 1.94. The summed E-state index contributed by atoms with van der Waals surface area (Å²) in [7, 11) is 0. The fraction of sp³-hybridized carbons (Fsp3) is 0.222. The molecule has 0 bridgehead atoms. The molecule has 0 aliphatic heterocycles. The van der Waals surface area contributed by atoms with Crippen LogP contribution < -0.4 is 10.6 Å². The predicted molar refractivity (Wildman–Crippen MR) is 94.0 cm³/mol. The lowest BCUT2D eigenvalue weighted by Gasteiger charge is -2.07. The van der Waals surface area contributed by atoms with Crippen LogP contribution in [0, 0.1) is 0 Å². The van der Waals surface area contributed by atoms with Gasteiger partial charge in [-0.3, -0.25) is 9.59 Å². The molecule has 2 aromatic rings. The molecule has 2 N–H and O–H groups in total. The van der Waals surface area contributed by atoms with Crippen LogP contribution in [0.2, 0.25) is 5.02 Å². The average molecular weight is 331 g/mol. The Bertz CT molecular complexity index is 666. The quantitative estimate of drug-likeness (QED) is 0.805. The SMILES string of the molecule is CCCCC(=O)Nc1ccc(C(=O)Nc2ccc(Cl)cc2)cc1. The van der Waals surface area contributed by atoms with Gasteiger partial charge in [0.25, 0.3) is 5.91 Å². The molecule has 0 aliphatic rings. The summed E-state index contributed by atoms with van der Waals surface area (Å²) in [4.78, 5) is 23.8. The zero-order chi connectivity index (χ0) is 16.7. The van der Waals surface area contributed by atoms with Gasteiger partial charge in [-0.05, 0) is 55.0 Å². The van der Waals surface area contributed by atoms with Crippen LogP contribution in [-0.4, -0.2) is 11.8 Å². The number of rotatable bonds is 6. The van der Waals surface area contributed by atoms with E-state index < -0.39 is 0 Å². The number of benzene rings is 2. The van der Waals surface area contributed by atoms with Gasteiger partial charge < -0.3 is 10.6 Å². The van der Waals surface area contributed by atoms with E-state index in [1.54, 1.807) is 48.5 Å². The minimum atomic E-state index is -0.212. The third-order valence-corrected chi connectivity index (χ3v) is 3.54. The zero-order valence-electron chi connectivity index (χ0n) is 12.9. The normalized spacial score (nSPS) is 10.2. The lowest BCUT2D eigenvalue weighted by Crippen LogP contribution is -2.13. The maximum atomic E-state index is 12.1. The fourth-order valence-electron chi connectivity index (χ4n) is 2.00. The number of carbonyl (C=O) groups excluding carboxylic acids is 2. The van der Waals surface area contributed by atoms with Crippen molar-refractivity contribution in [1.82, 2.24) is 0 Å². The number of hydrogen-bond acceptors (Lipinski definition) is 2. The summed E-state index contributed by atoms with van der Waals surface area (Å²) in [5.41, 5.74) is 1.89. The molecule has 0 aromatic heterocycles. The molecule has 2 amide bonds. The minimum Gasteiger partial charge on any atom is -0.326 e. The molecule has 0 atom stereocenters. The molecule has 0 saturated carbocycles. The van der Waals surface area contributed by atoms with Gasteiger partial charge in [0.05, 0.1) is 0 Å². The van der Waals surface area contributed by atoms with Gasteiger partial charge in [0.1, 0.15) is 0 Å². The lowest BCUT2D eigenvalue weighted by atomic mass is 10.1. The number of carbonyl (C=O) groups is 2. The molecular formula is C18H19ClN2O2. The Hall–Kier alpha value is -2.33. The second-order valence-electron chi connectivity index (χ2n) is 5.19. The molecule has 0 unspecified atom stereocenters. The van der Waals surface area contributed by atoms with Gasteiger partial charge in [-0.15, -0.1) is 0 Å². The van der Waals surface area contributed by atoms with Crippen LogP contribution in [0.5, 0.6) is 0 Å². The van der Waals surface area contributed by atoms with Crippen LogP contribution in [0.25, 0.3) is 0 Å². The molecule has 0 heterocycles. The summed E-state index contributed by atoms with van der Waals surface area (Å²) in [6.45, 7) is 2.04. The first kappa shape index (κ1) is 17.0. The van der Waals surface area contributed by atoms with Crippen LogP contribution in [0.4, 0.5) is 11.4 Å². The minimum absolute atomic E-state index is 0.00906.